The van der Waals surface area contributed by atoms with E-state index in [1.54, 1.807) is 6.20 Å². The lowest BCUT2D eigenvalue weighted by molar-refractivity contribution is -0.126. The molecule has 0 aromatic carbocycles. The second-order valence-electron chi connectivity index (χ2n) is 8.44. The quantitative estimate of drug-likeness (QED) is 0.700. The molecule has 0 bridgehead atoms. The van der Waals surface area contributed by atoms with Crippen LogP contribution in [0.1, 0.15) is 39.8 Å². The Morgan fingerprint density at radius 3 is 2.68 bits per heavy atom. The molecule has 1 atom stereocenters. The van der Waals surface area contributed by atoms with Crippen molar-refractivity contribution in [1.82, 2.24) is 15.0 Å². The number of nitrogens with one attached hydrogen (secondary N) is 1. The highest BCUT2D eigenvalue weighted by Crippen LogP contribution is 2.42. The Morgan fingerprint density at radius 2 is 2.00 bits per heavy atom. The molecule has 1 unspecified atom stereocenters. The van der Waals surface area contributed by atoms with Crippen LogP contribution in [0.3, 0.4) is 0 Å². The van der Waals surface area contributed by atoms with Crippen LogP contribution in [0.15, 0.2) is 30.5 Å². The molecule has 1 aliphatic rings. The number of thiazole rings is 1. The molecule has 0 spiro atoms. The summed E-state index contributed by atoms with van der Waals surface area (Å²) in [5.41, 5.74) is 2.79. The van der Waals surface area contributed by atoms with Crippen molar-refractivity contribution in [3.8, 4) is 11.3 Å². The average molecular weight is 397 g/mol. The van der Waals surface area contributed by atoms with Crippen molar-refractivity contribution in [2.24, 2.45) is 5.92 Å². The number of hydrogen-bond donors (Lipinski definition) is 1. The van der Waals surface area contributed by atoms with E-state index in [2.05, 4.69) is 15.3 Å². The molecule has 6 nitrogen and oxygen atoms in total. The van der Waals surface area contributed by atoms with Crippen LogP contribution < -0.4 is 5.32 Å². The van der Waals surface area contributed by atoms with Crippen LogP contribution >= 0.6 is 11.3 Å². The molecular formula is C21H24N4O2S. The predicted octanol–water partition coefficient (Wildman–Crippen LogP) is 4.59. The first-order valence-corrected chi connectivity index (χ1v) is 10.2. The molecule has 1 fully saturated rings. The summed E-state index contributed by atoms with van der Waals surface area (Å²) >= 11 is 1.39. The van der Waals surface area contributed by atoms with Gasteiger partial charge >= 0.3 is 0 Å². The lowest BCUT2D eigenvalue weighted by Gasteiger charge is -2.26. The van der Waals surface area contributed by atoms with E-state index in [9.17, 15) is 4.79 Å². The molecule has 7 heteroatoms. The number of rotatable bonds is 3. The molecule has 1 N–H and O–H groups in total. The molecule has 4 rings (SSSR count). The van der Waals surface area contributed by atoms with Crippen molar-refractivity contribution in [2.45, 2.75) is 52.2 Å². The summed E-state index contributed by atoms with van der Waals surface area (Å²) in [7, 11) is 0. The van der Waals surface area contributed by atoms with E-state index in [4.69, 9.17) is 9.72 Å². The maximum absolute atomic E-state index is 12.9. The highest BCUT2D eigenvalue weighted by atomic mass is 32.1. The third-order valence-corrected chi connectivity index (χ3v) is 5.95. The van der Waals surface area contributed by atoms with Gasteiger partial charge in [-0.1, -0.05) is 11.3 Å². The molecule has 0 saturated carbocycles. The molecule has 146 valence electrons. The maximum Gasteiger partial charge on any atom is 0.232 e. The Morgan fingerprint density at radius 1 is 1.21 bits per heavy atom. The fourth-order valence-corrected chi connectivity index (χ4v) is 4.74. The van der Waals surface area contributed by atoms with Crippen LogP contribution in [0.2, 0.25) is 0 Å². The van der Waals surface area contributed by atoms with Gasteiger partial charge in [-0.15, -0.1) is 0 Å². The Hall–Kier alpha value is -2.38. The number of amides is 1. The minimum absolute atomic E-state index is 0.0559. The van der Waals surface area contributed by atoms with Gasteiger partial charge in [0.05, 0.1) is 22.8 Å². The second kappa shape index (κ2) is 6.60. The summed E-state index contributed by atoms with van der Waals surface area (Å²) in [4.78, 5) is 27.1. The topological polar surface area (TPSA) is 77.0 Å². The van der Waals surface area contributed by atoms with Gasteiger partial charge in [-0.05, 0) is 65.3 Å². The Balaban J connectivity index is 1.58. The van der Waals surface area contributed by atoms with Crippen molar-refractivity contribution in [3.63, 3.8) is 0 Å². The van der Waals surface area contributed by atoms with Gasteiger partial charge in [0, 0.05) is 17.5 Å². The first-order valence-electron chi connectivity index (χ1n) is 9.35. The summed E-state index contributed by atoms with van der Waals surface area (Å²) in [5, 5.41) is 3.54. The highest BCUT2D eigenvalue weighted by Gasteiger charge is 2.49. The number of hydrogen-bond acceptors (Lipinski definition) is 6. The van der Waals surface area contributed by atoms with Crippen molar-refractivity contribution in [2.75, 3.05) is 5.32 Å². The number of aromatic nitrogens is 3. The number of fused-ring (bicyclic) bond motifs is 1. The van der Waals surface area contributed by atoms with Gasteiger partial charge in [0.2, 0.25) is 5.91 Å². The Labute approximate surface area is 168 Å². The average Bonchev–Trinajstić information content (AvgIpc) is 3.09. The first-order chi connectivity index (χ1) is 13.1. The van der Waals surface area contributed by atoms with Crippen molar-refractivity contribution in [1.29, 1.82) is 0 Å². The van der Waals surface area contributed by atoms with Crippen LogP contribution in [-0.2, 0) is 9.53 Å². The van der Waals surface area contributed by atoms with Crippen LogP contribution in [0.5, 0.6) is 0 Å². The summed E-state index contributed by atoms with van der Waals surface area (Å²) in [6, 6.07) is 7.82. The van der Waals surface area contributed by atoms with E-state index in [1.807, 2.05) is 58.9 Å². The lowest BCUT2D eigenvalue weighted by atomic mass is 9.87. The van der Waals surface area contributed by atoms with Gasteiger partial charge in [0.25, 0.3) is 0 Å². The van der Waals surface area contributed by atoms with E-state index in [1.165, 1.54) is 11.3 Å². The number of aryl methyl sites for hydroxylation is 1. The smallest absolute Gasteiger partial charge is 0.232 e. The summed E-state index contributed by atoms with van der Waals surface area (Å²) < 4.78 is 6.05. The van der Waals surface area contributed by atoms with Crippen LogP contribution in [0, 0.1) is 12.8 Å². The summed E-state index contributed by atoms with van der Waals surface area (Å²) in [5.74, 6) is -0.280. The Kier molecular flexibility index (Phi) is 4.47. The second-order valence-corrected chi connectivity index (χ2v) is 9.41. The van der Waals surface area contributed by atoms with Crippen LogP contribution in [-0.4, -0.2) is 32.1 Å². The molecule has 1 amide bonds. The molecule has 0 radical (unpaired) electrons. The molecule has 3 aromatic rings. The SMILES string of the molecule is Cc1cc(-c2ccc3nc(NC(=O)C4CC(C)(C)OC4(C)C)sc3n2)ccn1. The zero-order valence-corrected chi connectivity index (χ0v) is 17.6. The highest BCUT2D eigenvalue weighted by molar-refractivity contribution is 7.22. The molecule has 28 heavy (non-hydrogen) atoms. The van der Waals surface area contributed by atoms with Crippen molar-refractivity contribution < 1.29 is 9.53 Å². The normalized spacial score (nSPS) is 20.4. The fraction of sp³-hybridized carbons (Fsp3) is 0.429. The van der Waals surface area contributed by atoms with E-state index in [-0.39, 0.29) is 17.4 Å². The Bertz CT molecular complexity index is 1060. The zero-order valence-electron chi connectivity index (χ0n) is 16.7. The summed E-state index contributed by atoms with van der Waals surface area (Å²) in [6.45, 7) is 9.93. The van der Waals surface area contributed by atoms with Crippen LogP contribution in [0.4, 0.5) is 5.13 Å². The number of carbonyl (C=O) groups excluding carboxylic acids is 1. The van der Waals surface area contributed by atoms with Crippen LogP contribution in [0.25, 0.3) is 21.6 Å². The van der Waals surface area contributed by atoms with Gasteiger partial charge in [-0.25, -0.2) is 9.97 Å². The molecule has 3 aromatic heterocycles. The molecule has 0 aliphatic carbocycles. The van der Waals surface area contributed by atoms with Gasteiger partial charge in [0.15, 0.2) is 5.13 Å². The van der Waals surface area contributed by atoms with E-state index >= 15 is 0 Å². The van der Waals surface area contributed by atoms with E-state index in [0.29, 0.717) is 11.6 Å². The molecule has 4 heterocycles. The zero-order chi connectivity index (χ0) is 20.1. The maximum atomic E-state index is 12.9. The van der Waals surface area contributed by atoms with Gasteiger partial charge < -0.3 is 10.1 Å². The number of nitrogens with zero attached hydrogens (tertiary/aromatic N) is 3. The fourth-order valence-electron chi connectivity index (χ4n) is 3.90. The number of pyridine rings is 2. The number of ether oxygens (including phenoxy) is 1. The van der Waals surface area contributed by atoms with Gasteiger partial charge in [-0.2, -0.15) is 0 Å². The van der Waals surface area contributed by atoms with Gasteiger partial charge in [0.1, 0.15) is 10.3 Å². The van der Waals surface area contributed by atoms with Crippen molar-refractivity contribution >= 4 is 32.7 Å². The minimum atomic E-state index is -0.505. The van der Waals surface area contributed by atoms with E-state index in [0.717, 1.165) is 27.3 Å². The largest absolute Gasteiger partial charge is 0.369 e. The van der Waals surface area contributed by atoms with Crippen molar-refractivity contribution in [3.05, 3.63) is 36.2 Å². The number of carbonyl (C=O) groups is 1. The third-order valence-electron chi connectivity index (χ3n) is 5.07. The minimum Gasteiger partial charge on any atom is -0.369 e. The molecule has 1 saturated heterocycles. The predicted molar refractivity (Wildman–Crippen MR) is 111 cm³/mol. The summed E-state index contributed by atoms with van der Waals surface area (Å²) in [6.07, 6.45) is 2.46. The molecule has 1 aliphatic heterocycles. The standard InChI is InChI=1S/C21H24N4O2S/c1-12-10-13(8-9-22-12)15-6-7-16-18(23-15)28-19(24-16)25-17(26)14-11-20(2,3)27-21(14,4)5/h6-10,14H,11H2,1-5H3,(H,24,25,26). The monoisotopic (exact) mass is 396 g/mol. The van der Waals surface area contributed by atoms with E-state index < -0.39 is 5.60 Å². The third kappa shape index (κ3) is 3.64. The van der Waals surface area contributed by atoms with Gasteiger partial charge in [-0.3, -0.25) is 9.78 Å². The lowest BCUT2D eigenvalue weighted by Crippen LogP contribution is -2.36. The first kappa shape index (κ1) is 19.0. The molecular weight excluding hydrogens is 372 g/mol. The number of anilines is 1.